The minimum atomic E-state index is -1.16. The summed E-state index contributed by atoms with van der Waals surface area (Å²) in [5.74, 6) is -1.24. The fourth-order valence-corrected chi connectivity index (χ4v) is 2.12. The van der Waals surface area contributed by atoms with Crippen LogP contribution in [0.5, 0.6) is 0 Å². The first-order valence-corrected chi connectivity index (χ1v) is 6.82. The van der Waals surface area contributed by atoms with Crippen LogP contribution in [0.15, 0.2) is 24.3 Å². The lowest BCUT2D eigenvalue weighted by atomic mass is 9.92. The quantitative estimate of drug-likeness (QED) is 0.665. The number of nitrogens with one attached hydrogen (secondary N) is 1. The Kier molecular flexibility index (Phi) is 5.55. The minimum absolute atomic E-state index is 0.248. The Hall–Kier alpha value is -2.04. The topological polar surface area (TPSA) is 92.4 Å². The van der Waals surface area contributed by atoms with E-state index >= 15 is 0 Å². The Morgan fingerprint density at radius 3 is 2.45 bits per heavy atom. The molecule has 1 rings (SSSR count). The molecule has 4 N–H and O–H groups in total. The van der Waals surface area contributed by atoms with E-state index in [0.29, 0.717) is 24.9 Å². The van der Waals surface area contributed by atoms with Crippen molar-refractivity contribution in [3.63, 3.8) is 0 Å². The van der Waals surface area contributed by atoms with Crippen molar-refractivity contribution >= 4 is 17.6 Å². The zero-order chi connectivity index (χ0) is 15.2. The van der Waals surface area contributed by atoms with Gasteiger partial charge in [-0.25, -0.2) is 4.79 Å². The number of carboxylic acids is 1. The van der Waals surface area contributed by atoms with E-state index in [4.69, 9.17) is 5.73 Å². The van der Waals surface area contributed by atoms with E-state index < -0.39 is 11.5 Å². The average molecular weight is 278 g/mol. The third-order valence-electron chi connectivity index (χ3n) is 3.59. The van der Waals surface area contributed by atoms with Crippen LogP contribution in [0.4, 0.5) is 5.69 Å². The van der Waals surface area contributed by atoms with Crippen molar-refractivity contribution in [1.29, 1.82) is 0 Å². The highest BCUT2D eigenvalue weighted by molar-refractivity contribution is 5.87. The number of nitrogens with two attached hydrogens (primary N) is 1. The van der Waals surface area contributed by atoms with Crippen LogP contribution < -0.4 is 11.1 Å². The van der Waals surface area contributed by atoms with Crippen molar-refractivity contribution in [3.05, 3.63) is 29.8 Å². The number of rotatable bonds is 7. The van der Waals surface area contributed by atoms with E-state index in [0.717, 1.165) is 5.56 Å². The second kappa shape index (κ2) is 6.93. The first-order chi connectivity index (χ1) is 9.43. The van der Waals surface area contributed by atoms with Gasteiger partial charge in [0.15, 0.2) is 0 Å². The molecule has 5 nitrogen and oxygen atoms in total. The Balaban J connectivity index is 2.61. The monoisotopic (exact) mass is 278 g/mol. The second-order valence-electron chi connectivity index (χ2n) is 4.89. The van der Waals surface area contributed by atoms with Crippen LogP contribution in [0.2, 0.25) is 0 Å². The SMILES string of the molecule is CCC(CC)(NC(=O)CCc1cccc(N)c1)C(=O)O. The number of aliphatic carboxylic acids is 1. The number of carbonyl (C=O) groups is 2. The molecule has 1 aromatic carbocycles. The van der Waals surface area contributed by atoms with Crippen LogP contribution in [0.3, 0.4) is 0 Å². The molecule has 0 fully saturated rings. The highest BCUT2D eigenvalue weighted by Crippen LogP contribution is 2.16. The first kappa shape index (κ1) is 16.0. The number of carboxylic acid groups (broad SMARTS) is 1. The van der Waals surface area contributed by atoms with Crippen LogP contribution in [-0.4, -0.2) is 22.5 Å². The maximum atomic E-state index is 11.9. The number of carbonyl (C=O) groups excluding carboxylic acids is 1. The third-order valence-corrected chi connectivity index (χ3v) is 3.59. The lowest BCUT2D eigenvalue weighted by Gasteiger charge is -2.28. The molecule has 0 heterocycles. The van der Waals surface area contributed by atoms with Gasteiger partial charge in [0.25, 0.3) is 0 Å². The summed E-state index contributed by atoms with van der Waals surface area (Å²) in [5.41, 5.74) is 6.14. The molecule has 20 heavy (non-hydrogen) atoms. The molecule has 0 saturated carbocycles. The maximum Gasteiger partial charge on any atom is 0.329 e. The normalized spacial score (nSPS) is 11.1. The second-order valence-corrected chi connectivity index (χ2v) is 4.89. The molecule has 0 radical (unpaired) electrons. The number of hydrogen-bond donors (Lipinski definition) is 3. The number of aryl methyl sites for hydroxylation is 1. The van der Waals surface area contributed by atoms with E-state index in [1.165, 1.54) is 0 Å². The molecular formula is C15H22N2O3. The van der Waals surface area contributed by atoms with Crippen LogP contribution in [0, 0.1) is 0 Å². The molecule has 0 unspecified atom stereocenters. The number of anilines is 1. The summed E-state index contributed by atoms with van der Waals surface area (Å²) in [6.45, 7) is 3.52. The lowest BCUT2D eigenvalue weighted by Crippen LogP contribution is -2.53. The zero-order valence-electron chi connectivity index (χ0n) is 12.0. The summed E-state index contributed by atoms with van der Waals surface area (Å²) < 4.78 is 0. The molecule has 5 heteroatoms. The summed E-state index contributed by atoms with van der Waals surface area (Å²) in [5, 5.41) is 11.9. The highest BCUT2D eigenvalue weighted by Gasteiger charge is 2.36. The van der Waals surface area contributed by atoms with E-state index in [2.05, 4.69) is 5.32 Å². The van der Waals surface area contributed by atoms with Gasteiger partial charge in [-0.2, -0.15) is 0 Å². The van der Waals surface area contributed by atoms with Crippen molar-refractivity contribution in [3.8, 4) is 0 Å². The Labute approximate surface area is 119 Å². The van der Waals surface area contributed by atoms with Crippen LogP contribution in [0.1, 0.15) is 38.7 Å². The molecule has 0 aliphatic heterocycles. The summed E-state index contributed by atoms with van der Waals surface area (Å²) in [4.78, 5) is 23.2. The van der Waals surface area contributed by atoms with Crippen molar-refractivity contribution in [2.75, 3.05) is 5.73 Å². The van der Waals surface area contributed by atoms with Gasteiger partial charge in [0.2, 0.25) is 5.91 Å². The molecule has 0 saturated heterocycles. The maximum absolute atomic E-state index is 11.9. The first-order valence-electron chi connectivity index (χ1n) is 6.82. The van der Waals surface area contributed by atoms with Gasteiger partial charge in [0.05, 0.1) is 0 Å². The summed E-state index contributed by atoms with van der Waals surface area (Å²) in [7, 11) is 0. The van der Waals surface area contributed by atoms with Crippen LogP contribution in [0.25, 0.3) is 0 Å². The lowest BCUT2D eigenvalue weighted by molar-refractivity contribution is -0.148. The van der Waals surface area contributed by atoms with Crippen LogP contribution >= 0.6 is 0 Å². The van der Waals surface area contributed by atoms with Crippen LogP contribution in [-0.2, 0) is 16.0 Å². The van der Waals surface area contributed by atoms with Gasteiger partial charge >= 0.3 is 5.97 Å². The highest BCUT2D eigenvalue weighted by atomic mass is 16.4. The zero-order valence-corrected chi connectivity index (χ0v) is 12.0. The smallest absolute Gasteiger partial charge is 0.329 e. The molecular weight excluding hydrogens is 256 g/mol. The number of benzene rings is 1. The van der Waals surface area contributed by atoms with Gasteiger partial charge in [-0.1, -0.05) is 26.0 Å². The fraction of sp³-hybridized carbons (Fsp3) is 0.467. The standard InChI is InChI=1S/C15H22N2O3/c1-3-15(4-2,14(19)20)17-13(18)9-8-11-6-5-7-12(16)10-11/h5-7,10H,3-4,8-9,16H2,1-2H3,(H,17,18)(H,19,20). The van der Waals surface area contributed by atoms with Gasteiger partial charge in [-0.15, -0.1) is 0 Å². The van der Waals surface area contributed by atoms with E-state index in [1.54, 1.807) is 19.9 Å². The molecule has 1 aromatic rings. The van der Waals surface area contributed by atoms with Gasteiger partial charge in [0, 0.05) is 12.1 Å². The molecule has 0 bridgehead atoms. The molecule has 0 aliphatic rings. The van der Waals surface area contributed by atoms with Crippen molar-refractivity contribution < 1.29 is 14.7 Å². The molecule has 0 aliphatic carbocycles. The molecule has 0 spiro atoms. The predicted octanol–water partition coefficient (Wildman–Crippen LogP) is 1.96. The van der Waals surface area contributed by atoms with Gasteiger partial charge in [-0.3, -0.25) is 4.79 Å². The Bertz CT molecular complexity index is 482. The van der Waals surface area contributed by atoms with Gasteiger partial charge < -0.3 is 16.2 Å². The predicted molar refractivity (Wildman–Crippen MR) is 78.3 cm³/mol. The average Bonchev–Trinajstić information content (AvgIpc) is 2.42. The number of amides is 1. The molecule has 1 amide bonds. The van der Waals surface area contributed by atoms with Crippen molar-refractivity contribution in [2.24, 2.45) is 0 Å². The largest absolute Gasteiger partial charge is 0.480 e. The van der Waals surface area contributed by atoms with Crippen molar-refractivity contribution in [2.45, 2.75) is 45.1 Å². The fourth-order valence-electron chi connectivity index (χ4n) is 2.12. The Morgan fingerprint density at radius 1 is 1.30 bits per heavy atom. The molecule has 0 aromatic heterocycles. The van der Waals surface area contributed by atoms with E-state index in [-0.39, 0.29) is 12.3 Å². The summed E-state index contributed by atoms with van der Waals surface area (Å²) in [6.07, 6.45) is 1.52. The summed E-state index contributed by atoms with van der Waals surface area (Å²) in [6, 6.07) is 7.33. The third kappa shape index (κ3) is 3.98. The minimum Gasteiger partial charge on any atom is -0.480 e. The molecule has 110 valence electrons. The van der Waals surface area contributed by atoms with Gasteiger partial charge in [0.1, 0.15) is 5.54 Å². The number of hydrogen-bond acceptors (Lipinski definition) is 3. The van der Waals surface area contributed by atoms with E-state index in [1.807, 2.05) is 18.2 Å². The number of nitrogen functional groups attached to an aromatic ring is 1. The van der Waals surface area contributed by atoms with E-state index in [9.17, 15) is 14.7 Å². The molecule has 0 atom stereocenters. The summed E-state index contributed by atoms with van der Waals surface area (Å²) >= 11 is 0. The van der Waals surface area contributed by atoms with Crippen molar-refractivity contribution in [1.82, 2.24) is 5.32 Å². The Morgan fingerprint density at radius 2 is 1.95 bits per heavy atom. The van der Waals surface area contributed by atoms with Gasteiger partial charge in [-0.05, 0) is 37.0 Å².